The molecular formula is C26H32N4O3. The minimum Gasteiger partial charge on any atom is -0.497 e. The van der Waals surface area contributed by atoms with Crippen LogP contribution in [0, 0.1) is 19.8 Å². The maximum atomic E-state index is 12.8. The zero-order valence-electron chi connectivity index (χ0n) is 19.8. The fraction of sp³-hybridized carbons (Fsp3) is 0.423. The number of amides is 1. The molecule has 1 aromatic heterocycles. The molecule has 0 aliphatic carbocycles. The molecule has 2 aromatic carbocycles. The first-order chi connectivity index (χ1) is 15.9. The van der Waals surface area contributed by atoms with Gasteiger partial charge in [-0.3, -0.25) is 9.69 Å². The average molecular weight is 449 g/mol. The minimum atomic E-state index is 0.00426. The SMILES string of the molecule is COc1ccc(-c2noc(CN3CCC(C(=O)NC(C)c4ccc(C)c(C)c4)CC3)n2)cc1. The number of aryl methyl sites for hydroxylation is 2. The molecule has 1 atom stereocenters. The van der Waals surface area contributed by atoms with Crippen LogP contribution in [0.25, 0.3) is 11.4 Å². The number of benzene rings is 2. The molecule has 4 rings (SSSR count). The second-order valence-electron chi connectivity index (χ2n) is 8.86. The molecule has 3 aromatic rings. The number of hydrogen-bond donors (Lipinski definition) is 1. The second-order valence-corrected chi connectivity index (χ2v) is 8.86. The van der Waals surface area contributed by atoms with Crippen LogP contribution in [0.2, 0.25) is 0 Å². The highest BCUT2D eigenvalue weighted by Crippen LogP contribution is 2.23. The van der Waals surface area contributed by atoms with E-state index in [1.807, 2.05) is 31.2 Å². The number of ether oxygens (including phenoxy) is 1. The van der Waals surface area contributed by atoms with Crippen molar-refractivity contribution in [2.45, 2.75) is 46.2 Å². The molecule has 0 radical (unpaired) electrons. The lowest BCUT2D eigenvalue weighted by atomic mass is 9.95. The standard InChI is InChI=1S/C26H32N4O3/c1-17-5-6-22(15-18(17)2)19(3)27-26(31)21-11-13-30(14-12-21)16-24-28-25(29-33-24)20-7-9-23(32-4)10-8-20/h5-10,15,19,21H,11-14,16H2,1-4H3,(H,27,31). The molecule has 7 heteroatoms. The van der Waals surface area contributed by atoms with E-state index in [2.05, 4.69) is 52.4 Å². The van der Waals surface area contributed by atoms with Crippen molar-refractivity contribution in [3.05, 3.63) is 65.0 Å². The number of hydrogen-bond acceptors (Lipinski definition) is 6. The van der Waals surface area contributed by atoms with Gasteiger partial charge in [-0.1, -0.05) is 23.4 Å². The van der Waals surface area contributed by atoms with Gasteiger partial charge in [0.15, 0.2) is 0 Å². The highest BCUT2D eigenvalue weighted by Gasteiger charge is 2.27. The fourth-order valence-corrected chi connectivity index (χ4v) is 4.17. The molecule has 0 spiro atoms. The third-order valence-corrected chi connectivity index (χ3v) is 6.52. The van der Waals surface area contributed by atoms with E-state index < -0.39 is 0 Å². The van der Waals surface area contributed by atoms with Gasteiger partial charge in [-0.15, -0.1) is 0 Å². The lowest BCUT2D eigenvalue weighted by Gasteiger charge is -2.31. The first-order valence-corrected chi connectivity index (χ1v) is 11.5. The Balaban J connectivity index is 1.27. The summed E-state index contributed by atoms with van der Waals surface area (Å²) in [5.41, 5.74) is 4.55. The Morgan fingerprint density at radius 3 is 2.55 bits per heavy atom. The normalized spacial score (nSPS) is 15.9. The van der Waals surface area contributed by atoms with Gasteiger partial charge in [0.1, 0.15) is 5.75 Å². The summed E-state index contributed by atoms with van der Waals surface area (Å²) in [6, 6.07) is 14.0. The smallest absolute Gasteiger partial charge is 0.241 e. The van der Waals surface area contributed by atoms with Crippen LogP contribution >= 0.6 is 0 Å². The van der Waals surface area contributed by atoms with E-state index in [9.17, 15) is 4.79 Å². The van der Waals surface area contributed by atoms with Gasteiger partial charge in [0, 0.05) is 11.5 Å². The molecule has 1 aliphatic heterocycles. The third kappa shape index (κ3) is 5.60. The second kappa shape index (κ2) is 10.2. The number of piperidine rings is 1. The average Bonchev–Trinajstić information content (AvgIpc) is 3.29. The lowest BCUT2D eigenvalue weighted by molar-refractivity contribution is -0.127. The molecule has 2 heterocycles. The first-order valence-electron chi connectivity index (χ1n) is 11.5. The van der Waals surface area contributed by atoms with Gasteiger partial charge in [0.25, 0.3) is 0 Å². The van der Waals surface area contributed by atoms with Crippen LogP contribution in [0.15, 0.2) is 47.0 Å². The first kappa shape index (κ1) is 23.0. The predicted molar refractivity (Wildman–Crippen MR) is 127 cm³/mol. The maximum Gasteiger partial charge on any atom is 0.241 e. The Bertz CT molecular complexity index is 1090. The number of rotatable bonds is 7. The van der Waals surface area contributed by atoms with E-state index in [0.717, 1.165) is 42.8 Å². The van der Waals surface area contributed by atoms with Crippen molar-refractivity contribution in [2.24, 2.45) is 5.92 Å². The quantitative estimate of drug-likeness (QED) is 0.575. The third-order valence-electron chi connectivity index (χ3n) is 6.52. The van der Waals surface area contributed by atoms with Crippen molar-refractivity contribution < 1.29 is 14.1 Å². The van der Waals surface area contributed by atoms with Gasteiger partial charge in [-0.05, 0) is 87.7 Å². The monoisotopic (exact) mass is 448 g/mol. The highest BCUT2D eigenvalue weighted by molar-refractivity contribution is 5.79. The zero-order chi connectivity index (χ0) is 23.4. The van der Waals surface area contributed by atoms with Crippen LogP contribution < -0.4 is 10.1 Å². The summed E-state index contributed by atoms with van der Waals surface area (Å²) < 4.78 is 10.6. The molecule has 33 heavy (non-hydrogen) atoms. The van der Waals surface area contributed by atoms with Crippen molar-refractivity contribution in [1.82, 2.24) is 20.4 Å². The van der Waals surface area contributed by atoms with E-state index in [1.54, 1.807) is 7.11 Å². The van der Waals surface area contributed by atoms with Crippen LogP contribution in [0.5, 0.6) is 5.75 Å². The summed E-state index contributed by atoms with van der Waals surface area (Å²) >= 11 is 0. The molecule has 0 bridgehead atoms. The molecule has 7 nitrogen and oxygen atoms in total. The van der Waals surface area contributed by atoms with Crippen LogP contribution in [-0.2, 0) is 11.3 Å². The maximum absolute atomic E-state index is 12.8. The summed E-state index contributed by atoms with van der Waals surface area (Å²) in [5.74, 6) is 2.12. The molecule has 1 amide bonds. The van der Waals surface area contributed by atoms with Crippen molar-refractivity contribution >= 4 is 5.91 Å². The van der Waals surface area contributed by atoms with Crippen molar-refractivity contribution in [1.29, 1.82) is 0 Å². The number of likely N-dealkylation sites (tertiary alicyclic amines) is 1. The van der Waals surface area contributed by atoms with Gasteiger partial charge < -0.3 is 14.6 Å². The Labute approximate surface area is 195 Å². The van der Waals surface area contributed by atoms with E-state index in [4.69, 9.17) is 9.26 Å². The number of carbonyl (C=O) groups is 1. The van der Waals surface area contributed by atoms with Crippen molar-refractivity contribution in [3.8, 4) is 17.1 Å². The van der Waals surface area contributed by atoms with Gasteiger partial charge in [0.05, 0.1) is 19.7 Å². The Kier molecular flexibility index (Phi) is 7.08. The molecular weight excluding hydrogens is 416 g/mol. The Morgan fingerprint density at radius 2 is 1.88 bits per heavy atom. The van der Waals surface area contributed by atoms with E-state index in [-0.39, 0.29) is 17.9 Å². The molecule has 1 saturated heterocycles. The van der Waals surface area contributed by atoms with Crippen molar-refractivity contribution in [3.63, 3.8) is 0 Å². The largest absolute Gasteiger partial charge is 0.497 e. The van der Waals surface area contributed by atoms with Crippen LogP contribution in [0.3, 0.4) is 0 Å². The number of methoxy groups -OCH3 is 1. The summed E-state index contributed by atoms with van der Waals surface area (Å²) in [4.78, 5) is 19.6. The molecule has 1 fully saturated rings. The molecule has 174 valence electrons. The predicted octanol–water partition coefficient (Wildman–Crippen LogP) is 4.45. The summed E-state index contributed by atoms with van der Waals surface area (Å²) in [6.07, 6.45) is 1.65. The van der Waals surface area contributed by atoms with Gasteiger partial charge in [0.2, 0.25) is 17.6 Å². The molecule has 1 unspecified atom stereocenters. The van der Waals surface area contributed by atoms with Gasteiger partial charge in [-0.25, -0.2) is 0 Å². The fourth-order valence-electron chi connectivity index (χ4n) is 4.17. The number of carbonyl (C=O) groups excluding carboxylic acids is 1. The van der Waals surface area contributed by atoms with E-state index in [0.29, 0.717) is 18.3 Å². The van der Waals surface area contributed by atoms with Crippen LogP contribution in [0.4, 0.5) is 0 Å². The number of nitrogens with one attached hydrogen (secondary N) is 1. The Hall–Kier alpha value is -3.19. The summed E-state index contributed by atoms with van der Waals surface area (Å²) in [5, 5.41) is 7.31. The number of aromatic nitrogens is 2. The summed E-state index contributed by atoms with van der Waals surface area (Å²) in [6.45, 7) is 8.51. The summed E-state index contributed by atoms with van der Waals surface area (Å²) in [7, 11) is 1.64. The highest BCUT2D eigenvalue weighted by atomic mass is 16.5. The van der Waals surface area contributed by atoms with E-state index >= 15 is 0 Å². The lowest BCUT2D eigenvalue weighted by Crippen LogP contribution is -2.41. The van der Waals surface area contributed by atoms with E-state index in [1.165, 1.54) is 11.1 Å². The topological polar surface area (TPSA) is 80.5 Å². The van der Waals surface area contributed by atoms with Crippen molar-refractivity contribution in [2.75, 3.05) is 20.2 Å². The molecule has 1 aliphatic rings. The van der Waals surface area contributed by atoms with Gasteiger partial charge in [-0.2, -0.15) is 4.98 Å². The minimum absolute atomic E-state index is 0.00426. The van der Waals surface area contributed by atoms with Crippen LogP contribution in [0.1, 0.15) is 48.4 Å². The zero-order valence-corrected chi connectivity index (χ0v) is 19.8. The molecule has 0 saturated carbocycles. The molecule has 1 N–H and O–H groups in total. The number of nitrogens with zero attached hydrogens (tertiary/aromatic N) is 3. The van der Waals surface area contributed by atoms with Crippen LogP contribution in [-0.4, -0.2) is 41.1 Å². The Morgan fingerprint density at radius 1 is 1.15 bits per heavy atom. The van der Waals surface area contributed by atoms with Gasteiger partial charge >= 0.3 is 0 Å².